The van der Waals surface area contributed by atoms with E-state index in [0.717, 1.165) is 43.6 Å². The van der Waals surface area contributed by atoms with Crippen LogP contribution in [0.15, 0.2) is 36.7 Å². The van der Waals surface area contributed by atoms with Crippen LogP contribution in [0.1, 0.15) is 74.9 Å². The van der Waals surface area contributed by atoms with Gasteiger partial charge in [-0.25, -0.2) is 0 Å². The number of rotatable bonds is 11. The molecule has 1 N–H and O–H groups in total. The zero-order valence-corrected chi connectivity index (χ0v) is 17.7. The summed E-state index contributed by atoms with van der Waals surface area (Å²) >= 11 is 0. The van der Waals surface area contributed by atoms with Crippen LogP contribution in [0, 0.1) is 5.92 Å². The molecule has 1 unspecified atom stereocenters. The van der Waals surface area contributed by atoms with Crippen molar-refractivity contribution in [1.82, 2.24) is 15.1 Å². The molecule has 0 radical (unpaired) electrons. The SMILES string of the molecule is CCCC(Oc1cnn(C(F)(F)F)c1)c1ccc(C(=O)NCCC(CC)CC)cc1. The number of nitrogens with zero attached hydrogens (tertiary/aromatic N) is 2. The van der Waals surface area contributed by atoms with Crippen LogP contribution >= 0.6 is 0 Å². The van der Waals surface area contributed by atoms with Gasteiger partial charge in [-0.1, -0.05) is 52.2 Å². The molecule has 0 bridgehead atoms. The molecule has 1 aromatic carbocycles. The first-order valence-corrected chi connectivity index (χ1v) is 10.4. The van der Waals surface area contributed by atoms with Crippen LogP contribution in [0.5, 0.6) is 5.75 Å². The van der Waals surface area contributed by atoms with Gasteiger partial charge in [0.15, 0.2) is 5.75 Å². The third-order valence-corrected chi connectivity index (χ3v) is 5.19. The first-order chi connectivity index (χ1) is 14.3. The molecule has 0 saturated carbocycles. The molecule has 1 heterocycles. The standard InChI is InChI=1S/C22H30F3N3O2/c1-4-7-20(30-19-14-27-28(15-19)22(23,24)25)17-8-10-18(11-9-17)21(29)26-13-12-16(5-2)6-3/h8-11,14-16,20H,4-7,12-13H2,1-3H3,(H,26,29). The summed E-state index contributed by atoms with van der Waals surface area (Å²) in [5.74, 6) is 0.530. The van der Waals surface area contributed by atoms with Crippen molar-refractivity contribution >= 4 is 5.91 Å². The van der Waals surface area contributed by atoms with Crippen LogP contribution in [0.4, 0.5) is 13.2 Å². The van der Waals surface area contributed by atoms with Crippen LogP contribution < -0.4 is 10.1 Å². The van der Waals surface area contributed by atoms with E-state index in [9.17, 15) is 18.0 Å². The van der Waals surface area contributed by atoms with Crippen molar-refractivity contribution in [2.24, 2.45) is 5.92 Å². The largest absolute Gasteiger partial charge is 0.504 e. The zero-order valence-electron chi connectivity index (χ0n) is 17.7. The lowest BCUT2D eigenvalue weighted by molar-refractivity contribution is -0.212. The molecule has 1 aromatic heterocycles. The lowest BCUT2D eigenvalue weighted by Gasteiger charge is -2.18. The molecule has 166 valence electrons. The Morgan fingerprint density at radius 1 is 1.13 bits per heavy atom. The molecule has 1 amide bonds. The highest BCUT2D eigenvalue weighted by atomic mass is 19.4. The van der Waals surface area contributed by atoms with Gasteiger partial charge in [0.25, 0.3) is 5.91 Å². The maximum absolute atomic E-state index is 12.7. The number of benzene rings is 1. The summed E-state index contributed by atoms with van der Waals surface area (Å²) in [6.07, 6.45) is 1.44. The molecule has 5 nitrogen and oxygen atoms in total. The van der Waals surface area contributed by atoms with Crippen LogP contribution in [-0.4, -0.2) is 22.2 Å². The van der Waals surface area contributed by atoms with Gasteiger partial charge in [-0.05, 0) is 36.5 Å². The Morgan fingerprint density at radius 2 is 1.80 bits per heavy atom. The van der Waals surface area contributed by atoms with Crippen LogP contribution in [0.2, 0.25) is 0 Å². The second-order valence-corrected chi connectivity index (χ2v) is 7.33. The Morgan fingerprint density at radius 3 is 2.33 bits per heavy atom. The first kappa shape index (κ1) is 23.8. The predicted molar refractivity (Wildman–Crippen MR) is 109 cm³/mol. The average Bonchev–Trinajstić information content (AvgIpc) is 3.20. The van der Waals surface area contributed by atoms with Gasteiger partial charge < -0.3 is 10.1 Å². The number of halogens is 3. The van der Waals surface area contributed by atoms with E-state index in [1.165, 1.54) is 0 Å². The molecule has 0 saturated heterocycles. The molecular weight excluding hydrogens is 395 g/mol. The average molecular weight is 425 g/mol. The summed E-state index contributed by atoms with van der Waals surface area (Å²) in [6.45, 7) is 6.91. The Bertz CT molecular complexity index is 784. The molecule has 0 aliphatic carbocycles. The number of alkyl halides is 3. The van der Waals surface area contributed by atoms with E-state index in [4.69, 9.17) is 4.74 Å². The zero-order chi connectivity index (χ0) is 22.1. The van der Waals surface area contributed by atoms with E-state index < -0.39 is 12.4 Å². The smallest absolute Gasteiger partial charge is 0.482 e. The van der Waals surface area contributed by atoms with Crippen molar-refractivity contribution in [3.05, 3.63) is 47.8 Å². The Hall–Kier alpha value is -2.51. The molecule has 30 heavy (non-hydrogen) atoms. The summed E-state index contributed by atoms with van der Waals surface area (Å²) in [6, 6.07) is 6.99. The molecule has 2 rings (SSSR count). The Balaban J connectivity index is 2.00. The van der Waals surface area contributed by atoms with Gasteiger partial charge in [-0.3, -0.25) is 4.79 Å². The van der Waals surface area contributed by atoms with Crippen molar-refractivity contribution in [2.45, 2.75) is 65.3 Å². The number of hydrogen-bond acceptors (Lipinski definition) is 3. The summed E-state index contributed by atoms with van der Waals surface area (Å²) in [5, 5.41) is 6.24. The summed E-state index contributed by atoms with van der Waals surface area (Å²) in [4.78, 5) is 12.3. The second kappa shape index (κ2) is 11.0. The summed E-state index contributed by atoms with van der Waals surface area (Å²) in [7, 11) is 0. The third kappa shape index (κ3) is 6.78. The maximum atomic E-state index is 12.7. The molecular formula is C22H30F3N3O2. The van der Waals surface area contributed by atoms with Gasteiger partial charge in [0.05, 0.1) is 12.4 Å². The summed E-state index contributed by atoms with van der Waals surface area (Å²) < 4.78 is 43.8. The fourth-order valence-corrected chi connectivity index (χ4v) is 3.26. The van der Waals surface area contributed by atoms with Gasteiger partial charge in [0.2, 0.25) is 0 Å². The maximum Gasteiger partial charge on any atom is 0.504 e. The van der Waals surface area contributed by atoms with Crippen molar-refractivity contribution < 1.29 is 22.7 Å². The van der Waals surface area contributed by atoms with Gasteiger partial charge in [-0.15, -0.1) is 13.2 Å². The fourth-order valence-electron chi connectivity index (χ4n) is 3.26. The minimum absolute atomic E-state index is 0.0500. The fraction of sp³-hybridized carbons (Fsp3) is 0.545. The predicted octanol–water partition coefficient (Wildman–Crippen LogP) is 5.84. The lowest BCUT2D eigenvalue weighted by Crippen LogP contribution is -2.25. The van der Waals surface area contributed by atoms with Crippen molar-refractivity contribution in [1.29, 1.82) is 0 Å². The quantitative estimate of drug-likeness (QED) is 0.492. The third-order valence-electron chi connectivity index (χ3n) is 5.19. The molecule has 2 aromatic rings. The van der Waals surface area contributed by atoms with Crippen molar-refractivity contribution in [2.75, 3.05) is 6.54 Å². The monoisotopic (exact) mass is 425 g/mol. The number of aromatic nitrogens is 2. The van der Waals surface area contributed by atoms with Gasteiger partial charge in [0.1, 0.15) is 6.10 Å². The number of carbonyl (C=O) groups is 1. The molecule has 1 atom stereocenters. The van der Waals surface area contributed by atoms with E-state index in [0.29, 0.717) is 24.4 Å². The molecule has 0 fully saturated rings. The highest BCUT2D eigenvalue weighted by Gasteiger charge is 2.32. The second-order valence-electron chi connectivity index (χ2n) is 7.33. The molecule has 0 aliphatic heterocycles. The Labute approximate surface area is 175 Å². The van der Waals surface area contributed by atoms with E-state index in [-0.39, 0.29) is 16.3 Å². The number of hydrogen-bond donors (Lipinski definition) is 1. The van der Waals surface area contributed by atoms with Crippen LogP contribution in [-0.2, 0) is 6.30 Å². The minimum Gasteiger partial charge on any atom is -0.482 e. The normalized spacial score (nSPS) is 12.8. The van der Waals surface area contributed by atoms with E-state index >= 15 is 0 Å². The van der Waals surface area contributed by atoms with Crippen molar-refractivity contribution in [3.63, 3.8) is 0 Å². The number of ether oxygens (including phenoxy) is 1. The highest BCUT2D eigenvalue weighted by Crippen LogP contribution is 2.29. The van der Waals surface area contributed by atoms with Gasteiger partial charge in [0, 0.05) is 12.1 Å². The van der Waals surface area contributed by atoms with Crippen molar-refractivity contribution in [3.8, 4) is 5.75 Å². The molecule has 8 heteroatoms. The van der Waals surface area contributed by atoms with E-state index in [2.05, 4.69) is 24.3 Å². The first-order valence-electron chi connectivity index (χ1n) is 10.4. The van der Waals surface area contributed by atoms with Gasteiger partial charge in [-0.2, -0.15) is 9.78 Å². The van der Waals surface area contributed by atoms with E-state index in [1.807, 2.05) is 6.92 Å². The number of carbonyl (C=O) groups excluding carboxylic acids is 1. The number of nitrogens with one attached hydrogen (secondary N) is 1. The van der Waals surface area contributed by atoms with Gasteiger partial charge >= 0.3 is 6.30 Å². The lowest BCUT2D eigenvalue weighted by atomic mass is 9.99. The summed E-state index contributed by atoms with van der Waals surface area (Å²) in [5.41, 5.74) is 1.34. The Kier molecular flexibility index (Phi) is 8.74. The minimum atomic E-state index is -4.58. The molecule has 0 aliphatic rings. The highest BCUT2D eigenvalue weighted by molar-refractivity contribution is 5.94. The van der Waals surface area contributed by atoms with E-state index in [1.54, 1.807) is 24.3 Å². The number of amides is 1. The topological polar surface area (TPSA) is 56.2 Å². The van der Waals surface area contributed by atoms with Crippen LogP contribution in [0.25, 0.3) is 0 Å². The van der Waals surface area contributed by atoms with Crippen LogP contribution in [0.3, 0.4) is 0 Å². The molecule has 0 spiro atoms.